The van der Waals surface area contributed by atoms with E-state index in [0.717, 1.165) is 13.1 Å². The van der Waals surface area contributed by atoms with Crippen LogP contribution in [-0.2, 0) is 53.9 Å². The van der Waals surface area contributed by atoms with E-state index in [4.69, 9.17) is 49.5 Å². The Morgan fingerprint density at radius 1 is 0.886 bits per heavy atom. The summed E-state index contributed by atoms with van der Waals surface area (Å²) in [5, 5.41) is 23.6. The molecule has 0 bridgehead atoms. The SMILES string of the molecule is CC[C@H]1OC(=O)[C@H](C)[C@@H](O[C@H]2C[C@@](C)(OC)[C@@H](O)[C@H](C)O2)[C@H](C)[C@@H](O[C@@H]2O[C@H](C)C[C@H](N(CC3CC3)CC3CC3)[C@H]2O)[C@@](C)(OC)C[C@@H](C)C(=O)[C@H](C)[C@H]2N(CCc3ccc(F)c(Cl)c3)C(=O)O[C@]12C. The fourth-order valence-corrected chi connectivity index (χ4v) is 12.5. The average Bonchev–Trinajstić information content (AvgIpc) is 4.27. The van der Waals surface area contributed by atoms with Crippen molar-refractivity contribution in [2.45, 2.75) is 211 Å². The van der Waals surface area contributed by atoms with Gasteiger partial charge < -0.3 is 48.1 Å². The number of halogens is 2. The van der Waals surface area contributed by atoms with Crippen LogP contribution >= 0.6 is 11.6 Å². The third-order valence-electron chi connectivity index (χ3n) is 16.9. The molecule has 396 valence electrons. The standard InChI is InChI=1S/C53H82ClFN2O13/c1-13-40-53(10)45(57(50(62)70-53)21-20-34-18-19-38(55)37(54)23-34)30(4)42(58)28(2)24-52(9,64-12)47(69-49-43(59)39(22-29(3)65-49)56(26-35-14-15-35)27-36-16-17-36)31(5)44(32(6)48(61)67-40)68-41-25-51(8,63-11)46(60)33(7)66-41/h18-19,23,28-33,35-36,39-41,43-47,49,59-60H,13-17,20-22,24-27H2,1-12H3/t28-,29-,30+,31+,32-,33+,39+,40-,41+,43-,44+,45-,46+,47-,49+,51-,52+,53-/m1/s1. The molecule has 2 aliphatic carbocycles. The maximum atomic E-state index is 15.2. The molecule has 70 heavy (non-hydrogen) atoms. The summed E-state index contributed by atoms with van der Waals surface area (Å²) in [6.45, 7) is 20.1. The van der Waals surface area contributed by atoms with Gasteiger partial charge in [0.1, 0.15) is 29.9 Å². The monoisotopic (exact) mass is 1010 g/mol. The summed E-state index contributed by atoms with van der Waals surface area (Å²) in [4.78, 5) is 48.3. The van der Waals surface area contributed by atoms with Crippen molar-refractivity contribution in [2.75, 3.05) is 33.9 Å². The number of esters is 1. The number of fused-ring (bicyclic) bond motifs is 1. The molecule has 6 aliphatic rings. The van der Waals surface area contributed by atoms with Crippen molar-refractivity contribution < 1.29 is 66.9 Å². The Bertz CT molecular complexity index is 1980. The average molecular weight is 1010 g/mol. The van der Waals surface area contributed by atoms with E-state index in [-0.39, 0.29) is 55.2 Å². The van der Waals surface area contributed by atoms with E-state index >= 15 is 9.59 Å². The first-order valence-corrected chi connectivity index (χ1v) is 26.3. The summed E-state index contributed by atoms with van der Waals surface area (Å²) in [5.41, 5.74) is -3.16. The molecule has 1 amide bonds. The Morgan fingerprint density at radius 2 is 1.53 bits per heavy atom. The molecule has 0 radical (unpaired) electrons. The summed E-state index contributed by atoms with van der Waals surface area (Å²) in [6, 6.07) is 3.25. The van der Waals surface area contributed by atoms with Crippen molar-refractivity contribution in [1.29, 1.82) is 0 Å². The van der Waals surface area contributed by atoms with Crippen LogP contribution in [0.5, 0.6) is 0 Å². The number of ether oxygens (including phenoxy) is 8. The molecule has 1 aromatic rings. The molecule has 15 nitrogen and oxygen atoms in total. The number of hydrogen-bond donors (Lipinski definition) is 2. The molecular weight excluding hydrogens is 927 g/mol. The zero-order valence-corrected chi connectivity index (χ0v) is 44.3. The van der Waals surface area contributed by atoms with Gasteiger partial charge >= 0.3 is 12.1 Å². The highest BCUT2D eigenvalue weighted by Crippen LogP contribution is 2.45. The highest BCUT2D eigenvalue weighted by molar-refractivity contribution is 6.30. The van der Waals surface area contributed by atoms with Gasteiger partial charge in [-0.2, -0.15) is 0 Å². The highest BCUT2D eigenvalue weighted by atomic mass is 35.5. The minimum atomic E-state index is -1.49. The first kappa shape index (κ1) is 55.2. The number of ketones is 1. The van der Waals surface area contributed by atoms with Crippen molar-refractivity contribution in [2.24, 2.45) is 35.5 Å². The number of carbonyl (C=O) groups excluding carboxylic acids is 3. The fraction of sp³-hybridized carbons (Fsp3) is 0.830. The number of nitrogens with zero attached hydrogens (tertiary/aromatic N) is 2. The minimum absolute atomic E-state index is 0.0493. The third kappa shape index (κ3) is 11.7. The van der Waals surface area contributed by atoms with Crippen LogP contribution < -0.4 is 0 Å². The molecule has 6 fully saturated rings. The quantitative estimate of drug-likeness (QED) is 0.166. The summed E-state index contributed by atoms with van der Waals surface area (Å²) < 4.78 is 66.4. The van der Waals surface area contributed by atoms with Crippen LogP contribution in [-0.4, -0.2) is 156 Å². The van der Waals surface area contributed by atoms with Crippen molar-refractivity contribution >= 4 is 29.4 Å². The first-order chi connectivity index (χ1) is 33.0. The maximum Gasteiger partial charge on any atom is 0.410 e. The Kier molecular flexibility index (Phi) is 17.5. The molecule has 18 atom stereocenters. The fourth-order valence-electron chi connectivity index (χ4n) is 12.3. The zero-order chi connectivity index (χ0) is 51.2. The number of Topliss-reactive ketones (excluding diaryl/α,β-unsaturated/α-hetero) is 1. The van der Waals surface area contributed by atoms with Gasteiger partial charge in [0.05, 0.1) is 52.6 Å². The van der Waals surface area contributed by atoms with Gasteiger partial charge in [-0.1, -0.05) is 45.4 Å². The van der Waals surface area contributed by atoms with E-state index in [1.54, 1.807) is 47.8 Å². The van der Waals surface area contributed by atoms with E-state index in [9.17, 15) is 19.4 Å². The van der Waals surface area contributed by atoms with Crippen molar-refractivity contribution in [1.82, 2.24) is 9.80 Å². The van der Waals surface area contributed by atoms with Crippen molar-refractivity contribution in [3.63, 3.8) is 0 Å². The van der Waals surface area contributed by atoms with E-state index in [2.05, 4.69) is 4.90 Å². The molecule has 7 rings (SSSR count). The van der Waals surface area contributed by atoms with E-state index in [1.165, 1.54) is 49.8 Å². The molecule has 1 aromatic carbocycles. The Hall–Kier alpha value is -2.51. The first-order valence-electron chi connectivity index (χ1n) is 26.0. The highest BCUT2D eigenvalue weighted by Gasteiger charge is 2.61. The molecule has 2 saturated carbocycles. The van der Waals surface area contributed by atoms with Crippen molar-refractivity contribution in [3.8, 4) is 0 Å². The van der Waals surface area contributed by atoms with E-state index in [0.29, 0.717) is 23.8 Å². The van der Waals surface area contributed by atoms with Gasteiger partial charge in [0.2, 0.25) is 0 Å². The van der Waals surface area contributed by atoms with Crippen LogP contribution in [0.15, 0.2) is 18.2 Å². The number of carbonyl (C=O) groups is 3. The topological polar surface area (TPSA) is 172 Å². The van der Waals surface area contributed by atoms with Crippen LogP contribution in [0.1, 0.15) is 126 Å². The summed E-state index contributed by atoms with van der Waals surface area (Å²) in [6.07, 6.45) is -2.70. The second-order valence-electron chi connectivity index (χ2n) is 22.5. The lowest BCUT2D eigenvalue weighted by Gasteiger charge is -2.50. The van der Waals surface area contributed by atoms with Crippen LogP contribution in [0.3, 0.4) is 0 Å². The largest absolute Gasteiger partial charge is 0.458 e. The number of cyclic esters (lactones) is 1. The predicted octanol–water partition coefficient (Wildman–Crippen LogP) is 7.50. The Labute approximate surface area is 420 Å². The summed E-state index contributed by atoms with van der Waals surface area (Å²) >= 11 is 6.15. The smallest absolute Gasteiger partial charge is 0.410 e. The molecule has 17 heteroatoms. The van der Waals surface area contributed by atoms with E-state index < -0.39 is 114 Å². The van der Waals surface area contributed by atoms with Crippen molar-refractivity contribution in [3.05, 3.63) is 34.6 Å². The van der Waals surface area contributed by atoms with Gasteiger partial charge in [0.25, 0.3) is 0 Å². The normalized spacial score (nSPS) is 42.3. The molecule has 2 N–H and O–H groups in total. The second-order valence-corrected chi connectivity index (χ2v) is 22.9. The lowest BCUT2D eigenvalue weighted by atomic mass is 9.73. The Morgan fingerprint density at radius 3 is 2.11 bits per heavy atom. The van der Waals surface area contributed by atoms with Crippen LogP contribution in [0.2, 0.25) is 5.02 Å². The molecule has 0 aromatic heterocycles. The molecule has 4 saturated heterocycles. The van der Waals surface area contributed by atoms with Gasteiger partial charge in [-0.05, 0) is 122 Å². The molecule has 0 spiro atoms. The Balaban J connectivity index is 1.29. The lowest BCUT2D eigenvalue weighted by Crippen LogP contribution is -2.62. The molecule has 4 aliphatic heterocycles. The maximum absolute atomic E-state index is 15.2. The number of hydrogen-bond acceptors (Lipinski definition) is 14. The second kappa shape index (κ2) is 22.1. The molecule has 4 heterocycles. The lowest BCUT2D eigenvalue weighted by molar-refractivity contribution is -0.320. The molecule has 0 unspecified atom stereocenters. The molecular formula is C53H82ClFN2O13. The number of aliphatic hydroxyl groups excluding tert-OH is 2. The third-order valence-corrected chi connectivity index (χ3v) is 17.2. The summed E-state index contributed by atoms with van der Waals surface area (Å²) in [5.74, 6) is -3.49. The zero-order valence-electron chi connectivity index (χ0n) is 43.6. The van der Waals surface area contributed by atoms with Crippen LogP contribution in [0.25, 0.3) is 0 Å². The van der Waals surface area contributed by atoms with Gasteiger partial charge in [0, 0.05) is 64.1 Å². The minimum Gasteiger partial charge on any atom is -0.458 e. The number of amides is 1. The number of rotatable bonds is 15. The van der Waals surface area contributed by atoms with Crippen LogP contribution in [0, 0.1) is 41.3 Å². The van der Waals surface area contributed by atoms with E-state index in [1.807, 2.05) is 34.6 Å². The van der Waals surface area contributed by atoms with Gasteiger partial charge in [-0.3, -0.25) is 19.4 Å². The number of benzene rings is 1. The van der Waals surface area contributed by atoms with Gasteiger partial charge in [-0.15, -0.1) is 0 Å². The number of aliphatic hydroxyl groups is 2. The summed E-state index contributed by atoms with van der Waals surface area (Å²) in [7, 11) is 3.08. The number of methoxy groups -OCH3 is 2. The van der Waals surface area contributed by atoms with Gasteiger partial charge in [0.15, 0.2) is 18.2 Å². The predicted molar refractivity (Wildman–Crippen MR) is 258 cm³/mol. The van der Waals surface area contributed by atoms with Gasteiger partial charge in [-0.25, -0.2) is 9.18 Å². The van der Waals surface area contributed by atoms with Crippen LogP contribution in [0.4, 0.5) is 9.18 Å².